The van der Waals surface area contributed by atoms with Crippen LogP contribution >= 0.6 is 15.9 Å². The number of aliphatic hydroxyl groups excluding tert-OH is 2. The lowest BCUT2D eigenvalue weighted by Gasteiger charge is -1.93. The zero-order chi connectivity index (χ0) is 13.9. The van der Waals surface area contributed by atoms with E-state index in [1.54, 1.807) is 0 Å². The van der Waals surface area contributed by atoms with E-state index in [1.165, 1.54) is 19.3 Å². The van der Waals surface area contributed by atoms with Crippen molar-refractivity contribution in [2.45, 2.75) is 51.4 Å². The van der Waals surface area contributed by atoms with Gasteiger partial charge in [-0.1, -0.05) is 46.7 Å². The lowest BCUT2D eigenvalue weighted by molar-refractivity contribution is 0.282. The molecule has 0 amide bonds. The minimum atomic E-state index is 0.265. The molecule has 0 aliphatic rings. The molecule has 0 radical (unpaired) electrons. The molecule has 0 bridgehead atoms. The third-order valence-corrected chi connectivity index (χ3v) is 2.83. The van der Waals surface area contributed by atoms with Gasteiger partial charge in [0.2, 0.25) is 0 Å². The van der Waals surface area contributed by atoms with E-state index in [2.05, 4.69) is 26.0 Å². The van der Waals surface area contributed by atoms with Crippen LogP contribution in [0.2, 0.25) is 0 Å². The van der Waals surface area contributed by atoms with Crippen LogP contribution in [0.25, 0.3) is 10.4 Å². The van der Waals surface area contributed by atoms with Crippen LogP contribution in [0.4, 0.5) is 0 Å². The summed E-state index contributed by atoms with van der Waals surface area (Å²) in [6.07, 6.45) is 8.47. The van der Waals surface area contributed by atoms with Crippen molar-refractivity contribution in [1.29, 1.82) is 0 Å². The minimum absolute atomic E-state index is 0.265. The molecule has 0 saturated carbocycles. The number of nitrogens with zero attached hydrogens (tertiary/aromatic N) is 3. The molecule has 0 aromatic heterocycles. The van der Waals surface area contributed by atoms with Crippen LogP contribution in [0, 0.1) is 0 Å². The smallest absolute Gasteiger partial charge is 0.0431 e. The van der Waals surface area contributed by atoms with Gasteiger partial charge in [0.05, 0.1) is 0 Å². The SMILES string of the molecule is OCCCCCCBr.[N-]=[N+]=NCCCCCCO. The first-order chi connectivity index (χ1) is 8.83. The van der Waals surface area contributed by atoms with E-state index in [9.17, 15) is 0 Å². The topological polar surface area (TPSA) is 89.2 Å². The van der Waals surface area contributed by atoms with E-state index in [0.717, 1.165) is 37.4 Å². The quantitative estimate of drug-likeness (QED) is 0.199. The predicted octanol–water partition coefficient (Wildman–Crippen LogP) is 3.78. The molecule has 0 spiro atoms. The standard InChI is InChI=1S/C6H13BrO.C6H13N3O/c7-5-3-1-2-4-6-8;7-9-8-5-3-1-2-4-6-10/h8H,1-6H2;10H,1-6H2. The van der Waals surface area contributed by atoms with Crippen molar-refractivity contribution in [2.75, 3.05) is 25.1 Å². The Labute approximate surface area is 118 Å². The first-order valence-electron chi connectivity index (χ1n) is 6.62. The molecule has 0 atom stereocenters. The van der Waals surface area contributed by atoms with Crippen LogP contribution < -0.4 is 0 Å². The van der Waals surface area contributed by atoms with Crippen LogP contribution in [0.15, 0.2) is 5.11 Å². The summed E-state index contributed by atoms with van der Waals surface area (Å²) >= 11 is 3.34. The number of aliphatic hydroxyl groups is 2. The highest BCUT2D eigenvalue weighted by Gasteiger charge is 1.86. The number of hydrogen-bond acceptors (Lipinski definition) is 3. The molecule has 0 fully saturated rings. The number of halogens is 1. The molecule has 0 aliphatic heterocycles. The van der Waals surface area contributed by atoms with E-state index in [1.807, 2.05) is 0 Å². The Kier molecular flexibility index (Phi) is 24.4. The highest BCUT2D eigenvalue weighted by atomic mass is 79.9. The molecule has 0 saturated heterocycles. The van der Waals surface area contributed by atoms with Gasteiger partial charge >= 0.3 is 0 Å². The molecule has 5 nitrogen and oxygen atoms in total. The highest BCUT2D eigenvalue weighted by molar-refractivity contribution is 9.09. The van der Waals surface area contributed by atoms with E-state index >= 15 is 0 Å². The number of alkyl halides is 1. The van der Waals surface area contributed by atoms with Gasteiger partial charge in [-0.25, -0.2) is 0 Å². The predicted molar refractivity (Wildman–Crippen MR) is 78.9 cm³/mol. The first-order valence-corrected chi connectivity index (χ1v) is 7.74. The second-order valence-electron chi connectivity index (χ2n) is 3.92. The first kappa shape index (κ1) is 20.0. The van der Waals surface area contributed by atoms with Gasteiger partial charge < -0.3 is 10.2 Å². The molecule has 6 heteroatoms. The maximum atomic E-state index is 8.39. The molecule has 0 heterocycles. The van der Waals surface area contributed by atoms with Gasteiger partial charge in [0.1, 0.15) is 0 Å². The van der Waals surface area contributed by atoms with Crippen LogP contribution in [-0.4, -0.2) is 35.3 Å². The molecule has 0 aromatic rings. The molecular formula is C12H26BrN3O2. The van der Waals surface area contributed by atoms with E-state index in [4.69, 9.17) is 15.7 Å². The fourth-order valence-electron chi connectivity index (χ4n) is 1.25. The van der Waals surface area contributed by atoms with Crippen molar-refractivity contribution in [1.82, 2.24) is 0 Å². The third-order valence-electron chi connectivity index (χ3n) is 2.27. The summed E-state index contributed by atoms with van der Waals surface area (Å²) in [7, 11) is 0. The van der Waals surface area contributed by atoms with Gasteiger partial charge in [-0.05, 0) is 31.2 Å². The van der Waals surface area contributed by atoms with E-state index in [0.29, 0.717) is 13.2 Å². The number of unbranched alkanes of at least 4 members (excludes halogenated alkanes) is 6. The van der Waals surface area contributed by atoms with Crippen LogP contribution in [0.3, 0.4) is 0 Å². The van der Waals surface area contributed by atoms with Crippen molar-refractivity contribution in [3.63, 3.8) is 0 Å². The van der Waals surface area contributed by atoms with Gasteiger partial charge in [-0.3, -0.25) is 0 Å². The number of hydrogen-bond donors (Lipinski definition) is 2. The lowest BCUT2D eigenvalue weighted by Crippen LogP contribution is -1.84. The Hall–Kier alpha value is -0.290. The van der Waals surface area contributed by atoms with Crippen LogP contribution in [0.5, 0.6) is 0 Å². The fourth-order valence-corrected chi connectivity index (χ4v) is 1.65. The normalized spacial score (nSPS) is 9.28. The molecule has 0 aliphatic carbocycles. The monoisotopic (exact) mass is 323 g/mol. The second kappa shape index (κ2) is 21.9. The Morgan fingerprint density at radius 3 is 1.78 bits per heavy atom. The highest BCUT2D eigenvalue weighted by Crippen LogP contribution is 2.00. The molecule has 0 rings (SSSR count). The van der Waals surface area contributed by atoms with Crippen LogP contribution in [-0.2, 0) is 0 Å². The molecule has 0 unspecified atom stereocenters. The number of azide groups is 1. The van der Waals surface area contributed by atoms with Crippen molar-refractivity contribution in [2.24, 2.45) is 5.11 Å². The summed E-state index contributed by atoms with van der Waals surface area (Å²) in [4.78, 5) is 2.63. The van der Waals surface area contributed by atoms with Crippen molar-refractivity contribution < 1.29 is 10.2 Å². The average Bonchev–Trinajstić information content (AvgIpc) is 2.40. The molecule has 0 aromatic carbocycles. The van der Waals surface area contributed by atoms with Gasteiger partial charge in [-0.2, -0.15) is 0 Å². The van der Waals surface area contributed by atoms with E-state index in [-0.39, 0.29) is 6.61 Å². The van der Waals surface area contributed by atoms with Crippen molar-refractivity contribution in [3.8, 4) is 0 Å². The zero-order valence-electron chi connectivity index (χ0n) is 11.1. The molecule has 18 heavy (non-hydrogen) atoms. The molecule has 2 N–H and O–H groups in total. The summed E-state index contributed by atoms with van der Waals surface area (Å²) in [5, 5.41) is 21.2. The van der Waals surface area contributed by atoms with Crippen LogP contribution in [0.1, 0.15) is 51.4 Å². The Balaban J connectivity index is 0. The van der Waals surface area contributed by atoms with E-state index < -0.39 is 0 Å². The van der Waals surface area contributed by atoms with Gasteiger partial charge in [0.25, 0.3) is 0 Å². The van der Waals surface area contributed by atoms with Gasteiger partial charge in [-0.15, -0.1) is 0 Å². The lowest BCUT2D eigenvalue weighted by atomic mass is 10.2. The summed E-state index contributed by atoms with van der Waals surface area (Å²) in [6.45, 7) is 1.20. The Morgan fingerprint density at radius 2 is 1.33 bits per heavy atom. The fraction of sp³-hybridized carbons (Fsp3) is 1.00. The maximum Gasteiger partial charge on any atom is 0.0431 e. The van der Waals surface area contributed by atoms with Gasteiger partial charge in [0.15, 0.2) is 0 Å². The Morgan fingerprint density at radius 1 is 0.833 bits per heavy atom. The minimum Gasteiger partial charge on any atom is -0.396 e. The molecule has 108 valence electrons. The van der Waals surface area contributed by atoms with Crippen molar-refractivity contribution in [3.05, 3.63) is 10.4 Å². The summed E-state index contributed by atoms with van der Waals surface area (Å²) in [6, 6.07) is 0. The largest absolute Gasteiger partial charge is 0.396 e. The average molecular weight is 324 g/mol. The Bertz CT molecular complexity index is 182. The van der Waals surface area contributed by atoms with Gasteiger partial charge in [0, 0.05) is 30.0 Å². The van der Waals surface area contributed by atoms with Crippen molar-refractivity contribution >= 4 is 15.9 Å². The molecular weight excluding hydrogens is 298 g/mol. The summed E-state index contributed by atoms with van der Waals surface area (Å²) < 4.78 is 0. The third kappa shape index (κ3) is 24.8. The summed E-state index contributed by atoms with van der Waals surface area (Å²) in [5.41, 5.74) is 7.89. The second-order valence-corrected chi connectivity index (χ2v) is 4.71. The summed E-state index contributed by atoms with van der Waals surface area (Å²) in [5.74, 6) is 0. The zero-order valence-corrected chi connectivity index (χ0v) is 12.7. The number of rotatable bonds is 11. The maximum absolute atomic E-state index is 8.39.